The van der Waals surface area contributed by atoms with Crippen LogP contribution in [0.4, 0.5) is 18.0 Å². The van der Waals surface area contributed by atoms with Crippen LogP contribution in [0, 0.1) is 0 Å². The second-order valence-electron chi connectivity index (χ2n) is 2.94. The van der Waals surface area contributed by atoms with Gasteiger partial charge in [0.2, 0.25) is 0 Å². The molecule has 0 aromatic heterocycles. The number of unbranched alkanes of at least 4 members (excludes halogenated alkanes) is 1. The maximum atomic E-state index is 11.6. The van der Waals surface area contributed by atoms with Gasteiger partial charge in [-0.05, 0) is 6.42 Å². The van der Waals surface area contributed by atoms with Crippen molar-refractivity contribution in [1.29, 1.82) is 0 Å². The molecule has 0 fully saturated rings. The molecule has 0 aromatic rings. The van der Waals surface area contributed by atoms with Gasteiger partial charge in [0.25, 0.3) is 0 Å². The Morgan fingerprint density at radius 1 is 1.43 bits per heavy atom. The maximum Gasteiger partial charge on any atom is 0.422 e. The Balaban J connectivity index is 3.73. The fourth-order valence-electron chi connectivity index (χ4n) is 0.740. The smallest absolute Gasteiger partial charge is 0.422 e. The van der Waals surface area contributed by atoms with Crippen molar-refractivity contribution >= 4 is 6.09 Å². The molecule has 0 aromatic carbocycles. The van der Waals surface area contributed by atoms with Crippen LogP contribution < -0.4 is 0 Å². The van der Waals surface area contributed by atoms with Crippen LogP contribution in [0.5, 0.6) is 0 Å². The van der Waals surface area contributed by atoms with E-state index in [-0.39, 0.29) is 0 Å². The molecule has 0 heterocycles. The lowest BCUT2D eigenvalue weighted by atomic mass is 10.3. The summed E-state index contributed by atoms with van der Waals surface area (Å²) in [5.74, 6) is 0. The van der Waals surface area contributed by atoms with Crippen LogP contribution in [-0.2, 0) is 4.74 Å². The number of ether oxygens (including phenoxy) is 1. The van der Waals surface area contributed by atoms with E-state index >= 15 is 0 Å². The molecule has 0 radical (unpaired) electrons. The molecule has 0 saturated carbocycles. The molecule has 0 bridgehead atoms. The van der Waals surface area contributed by atoms with Gasteiger partial charge in [-0.2, -0.15) is 13.2 Å². The Kier molecular flexibility index (Phi) is 5.34. The highest BCUT2D eigenvalue weighted by Crippen LogP contribution is 2.14. The average Bonchev–Trinajstić information content (AvgIpc) is 2.09. The van der Waals surface area contributed by atoms with Gasteiger partial charge in [-0.25, -0.2) is 4.79 Å². The Bertz CT molecular complexity index is 182. The molecule has 0 unspecified atom stereocenters. The highest BCUT2D eigenvalue weighted by Gasteiger charge is 2.30. The molecule has 0 aliphatic rings. The van der Waals surface area contributed by atoms with Gasteiger partial charge in [0.05, 0.1) is 0 Å². The van der Waals surface area contributed by atoms with Gasteiger partial charge >= 0.3 is 12.3 Å². The van der Waals surface area contributed by atoms with Gasteiger partial charge in [0, 0.05) is 13.6 Å². The molecule has 0 N–H and O–H groups in total. The van der Waals surface area contributed by atoms with Gasteiger partial charge in [0.1, 0.15) is 0 Å². The summed E-state index contributed by atoms with van der Waals surface area (Å²) in [6.45, 7) is 0.810. The summed E-state index contributed by atoms with van der Waals surface area (Å²) in [5.41, 5.74) is 0. The number of carbonyl (C=O) groups excluding carboxylic acids is 1. The van der Waals surface area contributed by atoms with E-state index in [1.807, 2.05) is 6.92 Å². The third kappa shape index (κ3) is 6.56. The van der Waals surface area contributed by atoms with E-state index in [1.54, 1.807) is 0 Å². The lowest BCUT2D eigenvalue weighted by Crippen LogP contribution is -2.31. The molecule has 14 heavy (non-hydrogen) atoms. The number of alkyl halides is 3. The Morgan fingerprint density at radius 2 is 2.00 bits per heavy atom. The molecule has 3 nitrogen and oxygen atoms in total. The summed E-state index contributed by atoms with van der Waals surface area (Å²) in [4.78, 5) is 12.0. The van der Waals surface area contributed by atoms with E-state index < -0.39 is 18.9 Å². The summed E-state index contributed by atoms with van der Waals surface area (Å²) in [6, 6.07) is 0. The molecule has 1 amide bonds. The first-order chi connectivity index (χ1) is 6.37. The largest absolute Gasteiger partial charge is 0.440 e. The van der Waals surface area contributed by atoms with Crippen molar-refractivity contribution in [3.8, 4) is 0 Å². The fourth-order valence-corrected chi connectivity index (χ4v) is 0.740. The van der Waals surface area contributed by atoms with Crippen molar-refractivity contribution in [2.24, 2.45) is 0 Å². The van der Waals surface area contributed by atoms with Crippen LogP contribution in [0.15, 0.2) is 0 Å². The number of hydrogen-bond acceptors (Lipinski definition) is 2. The third-order valence-electron chi connectivity index (χ3n) is 1.52. The predicted molar refractivity (Wildman–Crippen MR) is 44.9 cm³/mol. The first-order valence-corrected chi connectivity index (χ1v) is 4.31. The van der Waals surface area contributed by atoms with Gasteiger partial charge in [0.15, 0.2) is 6.61 Å². The van der Waals surface area contributed by atoms with E-state index in [4.69, 9.17) is 0 Å². The van der Waals surface area contributed by atoms with E-state index in [2.05, 4.69) is 4.74 Å². The molecule has 0 rings (SSSR count). The number of rotatable bonds is 4. The van der Waals surface area contributed by atoms with Crippen LogP contribution in [0.3, 0.4) is 0 Å². The molecular formula is C8H14F3NO2. The number of halogens is 3. The van der Waals surface area contributed by atoms with Crippen molar-refractivity contribution in [3.63, 3.8) is 0 Å². The topological polar surface area (TPSA) is 29.5 Å². The standard InChI is InChI=1S/C8H14F3NO2/c1-3-4-5-12(2)7(13)14-6-8(9,10)11/h3-6H2,1-2H3. The molecule has 0 saturated heterocycles. The Morgan fingerprint density at radius 3 is 2.43 bits per heavy atom. The van der Waals surface area contributed by atoms with E-state index in [0.29, 0.717) is 6.54 Å². The Labute approximate surface area is 80.8 Å². The van der Waals surface area contributed by atoms with Gasteiger partial charge in [-0.3, -0.25) is 0 Å². The maximum absolute atomic E-state index is 11.6. The van der Waals surface area contributed by atoms with Crippen molar-refractivity contribution in [2.45, 2.75) is 25.9 Å². The molecule has 0 aliphatic carbocycles. The summed E-state index contributed by atoms with van der Waals surface area (Å²) in [6.07, 6.45) is -3.77. The van der Waals surface area contributed by atoms with Crippen LogP contribution >= 0.6 is 0 Å². The van der Waals surface area contributed by atoms with Gasteiger partial charge < -0.3 is 9.64 Å². The average molecular weight is 213 g/mol. The van der Waals surface area contributed by atoms with E-state index in [0.717, 1.165) is 17.7 Å². The van der Waals surface area contributed by atoms with Crippen molar-refractivity contribution in [1.82, 2.24) is 4.90 Å². The van der Waals surface area contributed by atoms with Crippen LogP contribution in [0.2, 0.25) is 0 Å². The van der Waals surface area contributed by atoms with Gasteiger partial charge in [-0.1, -0.05) is 13.3 Å². The SMILES string of the molecule is CCCCN(C)C(=O)OCC(F)(F)F. The molecule has 0 spiro atoms. The van der Waals surface area contributed by atoms with Crippen molar-refractivity contribution in [3.05, 3.63) is 0 Å². The minimum absolute atomic E-state index is 0.410. The minimum Gasteiger partial charge on any atom is -0.440 e. The zero-order chi connectivity index (χ0) is 11.2. The fraction of sp³-hybridized carbons (Fsp3) is 0.875. The zero-order valence-corrected chi connectivity index (χ0v) is 8.23. The summed E-state index contributed by atoms with van der Waals surface area (Å²) < 4.78 is 38.9. The number of amides is 1. The summed E-state index contributed by atoms with van der Waals surface area (Å²) >= 11 is 0. The quantitative estimate of drug-likeness (QED) is 0.717. The predicted octanol–water partition coefficient (Wildman–Crippen LogP) is 2.42. The second kappa shape index (κ2) is 5.72. The summed E-state index contributed by atoms with van der Waals surface area (Å²) in [7, 11) is 1.41. The first-order valence-electron chi connectivity index (χ1n) is 4.31. The molecule has 84 valence electrons. The van der Waals surface area contributed by atoms with Crippen LogP contribution in [-0.4, -0.2) is 37.4 Å². The van der Waals surface area contributed by atoms with Crippen molar-refractivity contribution < 1.29 is 22.7 Å². The lowest BCUT2D eigenvalue weighted by Gasteiger charge is -2.16. The highest BCUT2D eigenvalue weighted by atomic mass is 19.4. The number of nitrogens with zero attached hydrogens (tertiary/aromatic N) is 1. The third-order valence-corrected chi connectivity index (χ3v) is 1.52. The van der Waals surface area contributed by atoms with Crippen LogP contribution in [0.25, 0.3) is 0 Å². The van der Waals surface area contributed by atoms with Gasteiger partial charge in [-0.15, -0.1) is 0 Å². The highest BCUT2D eigenvalue weighted by molar-refractivity contribution is 5.67. The van der Waals surface area contributed by atoms with Crippen molar-refractivity contribution in [2.75, 3.05) is 20.2 Å². The molecular weight excluding hydrogens is 199 g/mol. The molecule has 6 heteroatoms. The van der Waals surface area contributed by atoms with E-state index in [9.17, 15) is 18.0 Å². The summed E-state index contributed by atoms with van der Waals surface area (Å²) in [5, 5.41) is 0. The zero-order valence-electron chi connectivity index (χ0n) is 8.23. The van der Waals surface area contributed by atoms with E-state index in [1.165, 1.54) is 7.05 Å². The number of carbonyl (C=O) groups is 1. The molecule has 0 aliphatic heterocycles. The second-order valence-corrected chi connectivity index (χ2v) is 2.94. The lowest BCUT2D eigenvalue weighted by molar-refractivity contribution is -0.162. The minimum atomic E-state index is -4.46. The monoisotopic (exact) mass is 213 g/mol. The number of hydrogen-bond donors (Lipinski definition) is 0. The van der Waals surface area contributed by atoms with Crippen LogP contribution in [0.1, 0.15) is 19.8 Å². The Hall–Kier alpha value is -0.940. The molecule has 0 atom stereocenters. The first kappa shape index (κ1) is 13.1. The normalized spacial score (nSPS) is 11.2.